The van der Waals surface area contributed by atoms with Crippen molar-refractivity contribution in [1.29, 1.82) is 0 Å². The van der Waals surface area contributed by atoms with Gasteiger partial charge in [-0.25, -0.2) is 0 Å². The number of hydrogen-bond donors (Lipinski definition) is 1. The average molecular weight is 263 g/mol. The van der Waals surface area contributed by atoms with E-state index in [0.29, 0.717) is 6.04 Å². The third-order valence-electron chi connectivity index (χ3n) is 3.76. The molecule has 0 aliphatic heterocycles. The average Bonchev–Trinajstić information content (AvgIpc) is 2.47. The van der Waals surface area contributed by atoms with E-state index in [1.54, 1.807) is 0 Å². The van der Waals surface area contributed by atoms with Crippen molar-refractivity contribution < 1.29 is 4.74 Å². The third kappa shape index (κ3) is 6.63. The predicted octanol–water partition coefficient (Wildman–Crippen LogP) is 4.26. The molecule has 0 amide bonds. The Morgan fingerprint density at radius 3 is 2.47 bits per heavy atom. The molecule has 1 rings (SSSR count). The first kappa shape index (κ1) is 16.0. The van der Waals surface area contributed by atoms with E-state index in [9.17, 15) is 0 Å². The summed E-state index contributed by atoms with van der Waals surface area (Å²) in [6.07, 6.45) is 6.45. The summed E-state index contributed by atoms with van der Waals surface area (Å²) in [4.78, 5) is 0. The molecule has 0 spiro atoms. The van der Waals surface area contributed by atoms with E-state index >= 15 is 0 Å². The van der Waals surface area contributed by atoms with Crippen LogP contribution in [0.15, 0.2) is 30.3 Å². The maximum Gasteiger partial charge on any atom is 0.119 e. The molecule has 0 aliphatic carbocycles. The normalized spacial score (nSPS) is 14.1. The van der Waals surface area contributed by atoms with Crippen LogP contribution in [0.2, 0.25) is 0 Å². The summed E-state index contributed by atoms with van der Waals surface area (Å²) in [6.45, 7) is 5.31. The van der Waals surface area contributed by atoms with E-state index in [-0.39, 0.29) is 0 Å². The minimum Gasteiger partial charge on any atom is -0.492 e. The zero-order chi connectivity index (χ0) is 13.9. The molecule has 0 heterocycles. The smallest absolute Gasteiger partial charge is 0.119 e. The summed E-state index contributed by atoms with van der Waals surface area (Å²) in [5.74, 6) is 1.78. The maximum atomic E-state index is 5.85. The summed E-state index contributed by atoms with van der Waals surface area (Å²) < 4.78 is 5.85. The Labute approximate surface area is 118 Å². The lowest BCUT2D eigenvalue weighted by Crippen LogP contribution is -2.33. The molecule has 2 nitrogen and oxygen atoms in total. The molecule has 108 valence electrons. The highest BCUT2D eigenvalue weighted by atomic mass is 16.5. The van der Waals surface area contributed by atoms with E-state index < -0.39 is 0 Å². The maximum absolute atomic E-state index is 5.85. The summed E-state index contributed by atoms with van der Waals surface area (Å²) in [6, 6.07) is 10.5. The molecule has 2 heteroatoms. The predicted molar refractivity (Wildman–Crippen MR) is 82.7 cm³/mol. The third-order valence-corrected chi connectivity index (χ3v) is 3.76. The van der Waals surface area contributed by atoms with Crippen LogP contribution in [-0.2, 0) is 0 Å². The van der Waals surface area contributed by atoms with E-state index in [0.717, 1.165) is 18.3 Å². The number of likely N-dealkylation sites (N-methyl/N-ethyl adjacent to an activating group) is 1. The van der Waals surface area contributed by atoms with Crippen LogP contribution in [0.25, 0.3) is 0 Å². The minimum atomic E-state index is 0.446. The molecule has 0 aliphatic rings. The van der Waals surface area contributed by atoms with E-state index in [4.69, 9.17) is 4.74 Å². The summed E-state index contributed by atoms with van der Waals surface area (Å²) in [5, 5.41) is 3.39. The van der Waals surface area contributed by atoms with Crippen molar-refractivity contribution in [3.8, 4) is 5.75 Å². The van der Waals surface area contributed by atoms with Crippen molar-refractivity contribution in [1.82, 2.24) is 5.32 Å². The van der Waals surface area contributed by atoms with E-state index in [2.05, 4.69) is 19.2 Å². The van der Waals surface area contributed by atoms with Crippen molar-refractivity contribution in [2.24, 2.45) is 5.92 Å². The van der Waals surface area contributed by atoms with Crippen LogP contribution in [0.5, 0.6) is 5.75 Å². The highest BCUT2D eigenvalue weighted by molar-refractivity contribution is 5.20. The van der Waals surface area contributed by atoms with Crippen LogP contribution in [0.1, 0.15) is 46.0 Å². The summed E-state index contributed by atoms with van der Waals surface area (Å²) in [5.41, 5.74) is 0. The Kier molecular flexibility index (Phi) is 8.31. The van der Waals surface area contributed by atoms with Gasteiger partial charge in [0.25, 0.3) is 0 Å². The lowest BCUT2D eigenvalue weighted by atomic mass is 9.92. The van der Waals surface area contributed by atoms with Gasteiger partial charge in [-0.15, -0.1) is 0 Å². The molecule has 1 N–H and O–H groups in total. The zero-order valence-corrected chi connectivity index (χ0v) is 12.7. The monoisotopic (exact) mass is 263 g/mol. The molecule has 0 fully saturated rings. The van der Waals surface area contributed by atoms with Crippen LogP contribution >= 0.6 is 0 Å². The Morgan fingerprint density at radius 1 is 1.16 bits per heavy atom. The standard InChI is InChI=1S/C17H29NO/c1-4-6-10-15(5-2)13-16(18-3)14-19-17-11-8-7-9-12-17/h7-9,11-12,15-16,18H,4-6,10,13-14H2,1-3H3. The van der Waals surface area contributed by atoms with Crippen molar-refractivity contribution >= 4 is 0 Å². The number of unbranched alkanes of at least 4 members (excludes halogenated alkanes) is 1. The first-order chi connectivity index (χ1) is 9.30. The molecule has 2 unspecified atom stereocenters. The van der Waals surface area contributed by atoms with Gasteiger partial charge in [-0.2, -0.15) is 0 Å². The number of ether oxygens (including phenoxy) is 1. The lowest BCUT2D eigenvalue weighted by Gasteiger charge is -2.22. The second-order valence-electron chi connectivity index (χ2n) is 5.26. The van der Waals surface area contributed by atoms with Crippen molar-refractivity contribution in [3.05, 3.63) is 30.3 Å². The Balaban J connectivity index is 2.35. The van der Waals surface area contributed by atoms with Gasteiger partial charge in [-0.3, -0.25) is 0 Å². The van der Waals surface area contributed by atoms with Gasteiger partial charge in [0.1, 0.15) is 12.4 Å². The van der Waals surface area contributed by atoms with Crippen LogP contribution in [-0.4, -0.2) is 19.7 Å². The molecule has 19 heavy (non-hydrogen) atoms. The van der Waals surface area contributed by atoms with Crippen LogP contribution in [0.4, 0.5) is 0 Å². The van der Waals surface area contributed by atoms with E-state index in [1.807, 2.05) is 37.4 Å². The fourth-order valence-corrected chi connectivity index (χ4v) is 2.37. The Bertz CT molecular complexity index is 312. The van der Waals surface area contributed by atoms with Gasteiger partial charge in [-0.05, 0) is 31.5 Å². The SMILES string of the molecule is CCCCC(CC)CC(COc1ccccc1)NC. The van der Waals surface area contributed by atoms with Gasteiger partial charge < -0.3 is 10.1 Å². The van der Waals surface area contributed by atoms with Crippen molar-refractivity contribution in [2.75, 3.05) is 13.7 Å². The molecule has 1 aromatic carbocycles. The van der Waals surface area contributed by atoms with Crippen molar-refractivity contribution in [3.63, 3.8) is 0 Å². The molecular weight excluding hydrogens is 234 g/mol. The van der Waals surface area contributed by atoms with E-state index in [1.165, 1.54) is 32.1 Å². The number of nitrogens with one attached hydrogen (secondary N) is 1. The van der Waals surface area contributed by atoms with Gasteiger partial charge in [-0.1, -0.05) is 57.7 Å². The fourth-order valence-electron chi connectivity index (χ4n) is 2.37. The van der Waals surface area contributed by atoms with Crippen molar-refractivity contribution in [2.45, 2.75) is 52.0 Å². The van der Waals surface area contributed by atoms with Crippen LogP contribution < -0.4 is 10.1 Å². The molecule has 2 atom stereocenters. The number of para-hydroxylation sites is 1. The minimum absolute atomic E-state index is 0.446. The molecule has 0 aromatic heterocycles. The highest BCUT2D eigenvalue weighted by Gasteiger charge is 2.14. The quantitative estimate of drug-likeness (QED) is 0.681. The Hall–Kier alpha value is -1.02. The fraction of sp³-hybridized carbons (Fsp3) is 0.647. The number of benzene rings is 1. The van der Waals surface area contributed by atoms with Crippen LogP contribution in [0, 0.1) is 5.92 Å². The molecular formula is C17H29NO. The topological polar surface area (TPSA) is 21.3 Å². The molecule has 0 saturated heterocycles. The first-order valence-corrected chi connectivity index (χ1v) is 7.65. The molecule has 0 radical (unpaired) electrons. The summed E-state index contributed by atoms with van der Waals surface area (Å²) >= 11 is 0. The molecule has 0 saturated carbocycles. The van der Waals surface area contributed by atoms with Gasteiger partial charge in [0.15, 0.2) is 0 Å². The second kappa shape index (κ2) is 9.85. The van der Waals surface area contributed by atoms with Gasteiger partial charge in [0, 0.05) is 6.04 Å². The number of hydrogen-bond acceptors (Lipinski definition) is 2. The molecule has 0 bridgehead atoms. The highest BCUT2D eigenvalue weighted by Crippen LogP contribution is 2.19. The largest absolute Gasteiger partial charge is 0.492 e. The summed E-state index contributed by atoms with van der Waals surface area (Å²) in [7, 11) is 2.03. The van der Waals surface area contributed by atoms with Crippen LogP contribution in [0.3, 0.4) is 0 Å². The second-order valence-corrected chi connectivity index (χ2v) is 5.26. The first-order valence-electron chi connectivity index (χ1n) is 7.65. The van der Waals surface area contributed by atoms with Gasteiger partial charge in [0.05, 0.1) is 0 Å². The van der Waals surface area contributed by atoms with Gasteiger partial charge in [0.2, 0.25) is 0 Å². The van der Waals surface area contributed by atoms with Gasteiger partial charge >= 0.3 is 0 Å². The lowest BCUT2D eigenvalue weighted by molar-refractivity contribution is 0.238. The molecule has 1 aromatic rings. The Morgan fingerprint density at radius 2 is 1.89 bits per heavy atom. The number of rotatable bonds is 10. The zero-order valence-electron chi connectivity index (χ0n) is 12.7.